The molecule has 2 atom stereocenters. The van der Waals surface area contributed by atoms with Gasteiger partial charge in [-0.3, -0.25) is 4.90 Å². The molecule has 0 radical (unpaired) electrons. The lowest BCUT2D eigenvalue weighted by molar-refractivity contribution is 0.0217. The number of benzene rings is 2. The van der Waals surface area contributed by atoms with Gasteiger partial charge in [0.05, 0.1) is 6.04 Å². The van der Waals surface area contributed by atoms with Crippen LogP contribution in [-0.2, 0) is 11.2 Å². The van der Waals surface area contributed by atoms with Gasteiger partial charge in [-0.2, -0.15) is 0 Å². The summed E-state index contributed by atoms with van der Waals surface area (Å²) in [7, 11) is 2.05. The summed E-state index contributed by atoms with van der Waals surface area (Å²) in [5.74, 6) is -0.276. The van der Waals surface area contributed by atoms with Crippen molar-refractivity contribution >= 4 is 6.09 Å². The third-order valence-electron chi connectivity index (χ3n) is 5.55. The number of piperidine rings is 1. The van der Waals surface area contributed by atoms with E-state index in [1.807, 2.05) is 12.1 Å². The van der Waals surface area contributed by atoms with Gasteiger partial charge in [-0.25, -0.2) is 9.18 Å². The average molecular weight is 368 g/mol. The van der Waals surface area contributed by atoms with E-state index in [1.54, 1.807) is 17.0 Å². The van der Waals surface area contributed by atoms with E-state index in [9.17, 15) is 9.18 Å². The van der Waals surface area contributed by atoms with Crippen molar-refractivity contribution in [2.24, 2.45) is 0 Å². The molecule has 0 bridgehead atoms. The van der Waals surface area contributed by atoms with Crippen molar-refractivity contribution in [3.05, 3.63) is 71.0 Å². The molecular weight excluding hydrogens is 343 g/mol. The molecule has 0 saturated carbocycles. The lowest BCUT2D eigenvalue weighted by Gasteiger charge is -2.38. The second-order valence-corrected chi connectivity index (χ2v) is 7.51. The number of likely N-dealkylation sites (N-methyl/N-ethyl adjacent to an activating group) is 1. The number of amides is 1. The Morgan fingerprint density at radius 3 is 2.67 bits per heavy atom. The van der Waals surface area contributed by atoms with Crippen LogP contribution < -0.4 is 0 Å². The second kappa shape index (κ2) is 7.69. The molecule has 1 amide bonds. The van der Waals surface area contributed by atoms with E-state index < -0.39 is 0 Å². The van der Waals surface area contributed by atoms with E-state index in [0.717, 1.165) is 43.5 Å². The fraction of sp³-hybridized carbons (Fsp3) is 0.409. The first-order valence-electron chi connectivity index (χ1n) is 9.61. The molecule has 2 aromatic carbocycles. The van der Waals surface area contributed by atoms with Gasteiger partial charge >= 0.3 is 6.09 Å². The maximum atomic E-state index is 13.4. The molecule has 1 saturated heterocycles. The topological polar surface area (TPSA) is 32.8 Å². The SMILES string of the molecule is CN1CCC[C@H](OC(=O)N2CCc3ccccc3[C@@H]2c2ccc(F)cc2)C1. The van der Waals surface area contributed by atoms with Crippen molar-refractivity contribution in [2.45, 2.75) is 31.4 Å². The van der Waals surface area contributed by atoms with Crippen molar-refractivity contribution < 1.29 is 13.9 Å². The van der Waals surface area contributed by atoms with Crippen molar-refractivity contribution in [3.8, 4) is 0 Å². The minimum absolute atomic E-state index is 0.0673. The normalized spacial score (nSPS) is 23.0. The largest absolute Gasteiger partial charge is 0.445 e. The zero-order chi connectivity index (χ0) is 18.8. The van der Waals surface area contributed by atoms with Crippen molar-refractivity contribution in [1.29, 1.82) is 0 Å². The number of carbonyl (C=O) groups excluding carboxylic acids is 1. The van der Waals surface area contributed by atoms with Gasteiger partial charge in [-0.1, -0.05) is 36.4 Å². The van der Waals surface area contributed by atoms with Crippen LogP contribution in [0.1, 0.15) is 35.6 Å². The van der Waals surface area contributed by atoms with Crippen molar-refractivity contribution in [1.82, 2.24) is 9.80 Å². The van der Waals surface area contributed by atoms with E-state index in [0.29, 0.717) is 6.54 Å². The first-order valence-corrected chi connectivity index (χ1v) is 9.61. The summed E-state index contributed by atoms with van der Waals surface area (Å²) in [5, 5.41) is 0. The highest BCUT2D eigenvalue weighted by Gasteiger charge is 2.34. The molecule has 0 spiro atoms. The standard InChI is InChI=1S/C22H25FN2O2/c1-24-13-4-6-19(15-24)27-22(26)25-14-12-16-5-2-3-7-20(16)21(25)17-8-10-18(23)11-9-17/h2-3,5,7-11,19,21H,4,6,12-15H2,1H3/t19-,21-/m0/s1. The molecule has 27 heavy (non-hydrogen) atoms. The maximum Gasteiger partial charge on any atom is 0.410 e. The number of likely N-dealkylation sites (tertiary alicyclic amines) is 1. The third kappa shape index (κ3) is 3.83. The Hall–Kier alpha value is -2.40. The monoisotopic (exact) mass is 368 g/mol. The summed E-state index contributed by atoms with van der Waals surface area (Å²) in [6.07, 6.45) is 2.40. The highest BCUT2D eigenvalue weighted by atomic mass is 19.1. The molecule has 2 aliphatic heterocycles. The molecule has 1 fully saturated rings. The van der Waals surface area contributed by atoms with Crippen LogP contribution in [0.5, 0.6) is 0 Å². The Labute approximate surface area is 159 Å². The molecule has 4 rings (SSSR count). The third-order valence-corrected chi connectivity index (χ3v) is 5.55. The van der Waals surface area contributed by atoms with E-state index in [4.69, 9.17) is 4.74 Å². The number of ether oxygens (including phenoxy) is 1. The Morgan fingerprint density at radius 2 is 1.89 bits per heavy atom. The summed E-state index contributed by atoms with van der Waals surface area (Å²) in [6.45, 7) is 2.42. The average Bonchev–Trinajstić information content (AvgIpc) is 2.68. The molecule has 142 valence electrons. The molecule has 2 aromatic rings. The highest BCUT2D eigenvalue weighted by Crippen LogP contribution is 2.35. The number of halogens is 1. The molecule has 0 aliphatic carbocycles. The highest BCUT2D eigenvalue weighted by molar-refractivity contribution is 5.70. The molecule has 0 N–H and O–H groups in total. The summed E-state index contributed by atoms with van der Waals surface area (Å²) in [5.41, 5.74) is 3.22. The van der Waals surface area contributed by atoms with Gasteiger partial charge in [0, 0.05) is 13.1 Å². The van der Waals surface area contributed by atoms with Crippen LogP contribution in [0, 0.1) is 5.82 Å². The lowest BCUT2D eigenvalue weighted by atomic mass is 9.88. The molecular formula is C22H25FN2O2. The van der Waals surface area contributed by atoms with Gasteiger partial charge in [-0.05, 0) is 61.7 Å². The summed E-state index contributed by atoms with van der Waals surface area (Å²) in [6, 6.07) is 14.3. The fourth-order valence-electron chi connectivity index (χ4n) is 4.19. The summed E-state index contributed by atoms with van der Waals surface area (Å²) in [4.78, 5) is 17.0. The molecule has 4 nitrogen and oxygen atoms in total. The number of carbonyl (C=O) groups is 1. The molecule has 0 unspecified atom stereocenters. The Kier molecular flexibility index (Phi) is 5.12. The predicted octanol–water partition coefficient (Wildman–Crippen LogP) is 4.00. The predicted molar refractivity (Wildman–Crippen MR) is 102 cm³/mol. The van der Waals surface area contributed by atoms with E-state index in [2.05, 4.69) is 24.1 Å². The first kappa shape index (κ1) is 18.0. The van der Waals surface area contributed by atoms with Crippen LogP contribution in [0.3, 0.4) is 0 Å². The fourth-order valence-corrected chi connectivity index (χ4v) is 4.19. The lowest BCUT2D eigenvalue weighted by Crippen LogP contribution is -2.45. The molecule has 2 heterocycles. The van der Waals surface area contributed by atoms with Crippen LogP contribution in [-0.4, -0.2) is 48.7 Å². The zero-order valence-corrected chi connectivity index (χ0v) is 15.6. The van der Waals surface area contributed by atoms with Gasteiger partial charge in [0.1, 0.15) is 11.9 Å². The van der Waals surface area contributed by atoms with Crippen LogP contribution in [0.25, 0.3) is 0 Å². The van der Waals surface area contributed by atoms with Crippen molar-refractivity contribution in [2.75, 3.05) is 26.7 Å². The van der Waals surface area contributed by atoms with Gasteiger partial charge in [0.25, 0.3) is 0 Å². The van der Waals surface area contributed by atoms with Crippen molar-refractivity contribution in [3.63, 3.8) is 0 Å². The van der Waals surface area contributed by atoms with Gasteiger partial charge < -0.3 is 9.64 Å². The number of nitrogens with zero attached hydrogens (tertiary/aromatic N) is 2. The van der Waals surface area contributed by atoms with Crippen LogP contribution in [0.15, 0.2) is 48.5 Å². The smallest absolute Gasteiger partial charge is 0.410 e. The number of hydrogen-bond donors (Lipinski definition) is 0. The summed E-state index contributed by atoms with van der Waals surface area (Å²) < 4.78 is 19.3. The zero-order valence-electron chi connectivity index (χ0n) is 15.6. The minimum atomic E-state index is -0.279. The maximum absolute atomic E-state index is 13.4. The Morgan fingerprint density at radius 1 is 1.11 bits per heavy atom. The van der Waals surface area contributed by atoms with Crippen LogP contribution in [0.4, 0.5) is 9.18 Å². The second-order valence-electron chi connectivity index (χ2n) is 7.51. The van der Waals surface area contributed by atoms with E-state index in [1.165, 1.54) is 17.7 Å². The molecule has 0 aromatic heterocycles. The Balaban J connectivity index is 1.62. The van der Waals surface area contributed by atoms with Gasteiger partial charge in [0.2, 0.25) is 0 Å². The van der Waals surface area contributed by atoms with Crippen LogP contribution >= 0.6 is 0 Å². The molecule has 5 heteroatoms. The first-order chi connectivity index (χ1) is 13.1. The quantitative estimate of drug-likeness (QED) is 0.803. The molecule has 2 aliphatic rings. The van der Waals surface area contributed by atoms with E-state index in [-0.39, 0.29) is 24.1 Å². The number of hydrogen-bond acceptors (Lipinski definition) is 3. The number of fused-ring (bicyclic) bond motifs is 1. The Bertz CT molecular complexity index is 808. The minimum Gasteiger partial charge on any atom is -0.445 e. The van der Waals surface area contributed by atoms with Gasteiger partial charge in [-0.15, -0.1) is 0 Å². The van der Waals surface area contributed by atoms with Crippen LogP contribution in [0.2, 0.25) is 0 Å². The van der Waals surface area contributed by atoms with E-state index >= 15 is 0 Å². The number of rotatable bonds is 2. The van der Waals surface area contributed by atoms with Gasteiger partial charge in [0.15, 0.2) is 0 Å². The summed E-state index contributed by atoms with van der Waals surface area (Å²) >= 11 is 0.